The Balaban J connectivity index is 1.75. The lowest BCUT2D eigenvalue weighted by Crippen LogP contribution is -2.42. The second-order valence-corrected chi connectivity index (χ2v) is 6.14. The summed E-state index contributed by atoms with van der Waals surface area (Å²) >= 11 is 0. The van der Waals surface area contributed by atoms with Gasteiger partial charge in [-0.1, -0.05) is 27.7 Å². The van der Waals surface area contributed by atoms with Gasteiger partial charge in [0.2, 0.25) is 0 Å². The van der Waals surface area contributed by atoms with Crippen LogP contribution in [0.1, 0.15) is 53.4 Å². The fourth-order valence-corrected chi connectivity index (χ4v) is 3.27. The van der Waals surface area contributed by atoms with Crippen molar-refractivity contribution >= 4 is 0 Å². The Morgan fingerprint density at radius 2 is 1.77 bits per heavy atom. The largest absolute Gasteiger partial charge is 0.0622 e. The molecule has 13 heavy (non-hydrogen) atoms. The molecule has 2 aliphatic carbocycles. The topological polar surface area (TPSA) is 0 Å². The van der Waals surface area contributed by atoms with E-state index >= 15 is 0 Å². The summed E-state index contributed by atoms with van der Waals surface area (Å²) in [5.74, 6) is 4.11. The Hall–Kier alpha value is 0. The highest BCUT2D eigenvalue weighted by Crippen LogP contribution is 2.55. The first-order valence-electron chi connectivity index (χ1n) is 6.03. The van der Waals surface area contributed by atoms with Crippen molar-refractivity contribution < 1.29 is 0 Å². The molecule has 0 aromatic rings. The van der Waals surface area contributed by atoms with Crippen molar-refractivity contribution in [3.8, 4) is 0 Å². The Morgan fingerprint density at radius 3 is 2.15 bits per heavy atom. The van der Waals surface area contributed by atoms with E-state index in [9.17, 15) is 0 Å². The van der Waals surface area contributed by atoms with Crippen molar-refractivity contribution in [1.82, 2.24) is 0 Å². The molecule has 0 spiro atoms. The minimum atomic E-state index is 0.710. The van der Waals surface area contributed by atoms with Crippen LogP contribution < -0.4 is 0 Å². The number of rotatable bonds is 3. The van der Waals surface area contributed by atoms with Gasteiger partial charge in [-0.3, -0.25) is 0 Å². The van der Waals surface area contributed by atoms with Gasteiger partial charge in [-0.05, 0) is 54.8 Å². The summed E-state index contributed by atoms with van der Waals surface area (Å²) < 4.78 is 0. The summed E-state index contributed by atoms with van der Waals surface area (Å²) in [6, 6.07) is 0. The van der Waals surface area contributed by atoms with E-state index in [1.54, 1.807) is 0 Å². The van der Waals surface area contributed by atoms with E-state index in [1.165, 1.54) is 25.7 Å². The summed E-state index contributed by atoms with van der Waals surface area (Å²) in [6.45, 7) is 9.77. The van der Waals surface area contributed by atoms with E-state index in [0.29, 0.717) is 5.41 Å². The van der Waals surface area contributed by atoms with Crippen molar-refractivity contribution in [3.63, 3.8) is 0 Å². The minimum Gasteiger partial charge on any atom is -0.0622 e. The zero-order chi connectivity index (χ0) is 9.64. The lowest BCUT2D eigenvalue weighted by molar-refractivity contribution is -0.0142. The zero-order valence-corrected chi connectivity index (χ0v) is 9.64. The molecular weight excluding hydrogens is 156 g/mol. The molecule has 76 valence electrons. The fraction of sp³-hybridized carbons (Fsp3) is 1.00. The van der Waals surface area contributed by atoms with Gasteiger partial charge in [0.15, 0.2) is 0 Å². The minimum absolute atomic E-state index is 0.710. The summed E-state index contributed by atoms with van der Waals surface area (Å²) in [5.41, 5.74) is 0.710. The van der Waals surface area contributed by atoms with Crippen molar-refractivity contribution in [2.75, 3.05) is 0 Å². The first-order valence-corrected chi connectivity index (χ1v) is 6.03. The van der Waals surface area contributed by atoms with Crippen molar-refractivity contribution in [1.29, 1.82) is 0 Å². The molecule has 0 aromatic carbocycles. The quantitative estimate of drug-likeness (QED) is 0.613. The molecule has 0 heteroatoms. The standard InChI is InChI=1S/C13H24/c1-9-7-12(9)5-6-13(4)8-10(2)11(13)3/h9-12H,5-8H2,1-4H3. The van der Waals surface area contributed by atoms with E-state index in [-0.39, 0.29) is 0 Å². The molecule has 2 saturated carbocycles. The van der Waals surface area contributed by atoms with Crippen LogP contribution in [0, 0.1) is 29.1 Å². The van der Waals surface area contributed by atoms with E-state index in [2.05, 4.69) is 27.7 Å². The monoisotopic (exact) mass is 180 g/mol. The third-order valence-electron chi connectivity index (χ3n) is 5.10. The molecule has 0 heterocycles. The maximum Gasteiger partial charge on any atom is -0.0295 e. The second kappa shape index (κ2) is 3.00. The second-order valence-electron chi connectivity index (χ2n) is 6.14. The molecule has 0 aliphatic heterocycles. The Bertz CT molecular complexity index is 196. The SMILES string of the molecule is CC1CC1CCC1(C)CC(C)C1C. The van der Waals surface area contributed by atoms with Crippen LogP contribution >= 0.6 is 0 Å². The van der Waals surface area contributed by atoms with E-state index in [0.717, 1.165) is 23.7 Å². The molecule has 0 aromatic heterocycles. The molecule has 0 N–H and O–H groups in total. The number of hydrogen-bond donors (Lipinski definition) is 0. The van der Waals surface area contributed by atoms with Crippen LogP contribution in [0.3, 0.4) is 0 Å². The Kier molecular flexibility index (Phi) is 2.20. The van der Waals surface area contributed by atoms with Crippen LogP contribution in [0.4, 0.5) is 0 Å². The highest BCUT2D eigenvalue weighted by molar-refractivity contribution is 4.96. The average Bonchev–Trinajstić information content (AvgIpc) is 2.78. The van der Waals surface area contributed by atoms with E-state index in [1.807, 2.05) is 0 Å². The molecule has 0 nitrogen and oxygen atoms in total. The average molecular weight is 180 g/mol. The molecule has 0 saturated heterocycles. The van der Waals surface area contributed by atoms with Gasteiger partial charge >= 0.3 is 0 Å². The Morgan fingerprint density at radius 1 is 1.15 bits per heavy atom. The van der Waals surface area contributed by atoms with Crippen LogP contribution in [-0.2, 0) is 0 Å². The smallest absolute Gasteiger partial charge is 0.0295 e. The molecule has 0 radical (unpaired) electrons. The van der Waals surface area contributed by atoms with Gasteiger partial charge in [-0.15, -0.1) is 0 Å². The van der Waals surface area contributed by atoms with Crippen molar-refractivity contribution in [3.05, 3.63) is 0 Å². The highest BCUT2D eigenvalue weighted by atomic mass is 14.5. The predicted molar refractivity (Wildman–Crippen MR) is 57.6 cm³/mol. The molecule has 2 aliphatic rings. The zero-order valence-electron chi connectivity index (χ0n) is 9.64. The maximum atomic E-state index is 2.50. The maximum absolute atomic E-state index is 2.50. The molecule has 0 bridgehead atoms. The first-order chi connectivity index (χ1) is 6.03. The molecule has 0 amide bonds. The first kappa shape index (κ1) is 9.55. The fourth-order valence-electron chi connectivity index (χ4n) is 3.27. The van der Waals surface area contributed by atoms with Gasteiger partial charge in [0.1, 0.15) is 0 Å². The van der Waals surface area contributed by atoms with Gasteiger partial charge in [0.05, 0.1) is 0 Å². The lowest BCUT2D eigenvalue weighted by atomic mass is 9.54. The van der Waals surface area contributed by atoms with Gasteiger partial charge in [-0.2, -0.15) is 0 Å². The van der Waals surface area contributed by atoms with Gasteiger partial charge < -0.3 is 0 Å². The molecule has 2 fully saturated rings. The van der Waals surface area contributed by atoms with E-state index in [4.69, 9.17) is 0 Å². The van der Waals surface area contributed by atoms with Crippen molar-refractivity contribution in [2.45, 2.75) is 53.4 Å². The molecule has 5 unspecified atom stereocenters. The van der Waals surface area contributed by atoms with Crippen LogP contribution in [0.2, 0.25) is 0 Å². The lowest BCUT2D eigenvalue weighted by Gasteiger charge is -2.51. The predicted octanol–water partition coefficient (Wildman–Crippen LogP) is 4.10. The van der Waals surface area contributed by atoms with Crippen LogP contribution in [0.5, 0.6) is 0 Å². The summed E-state index contributed by atoms with van der Waals surface area (Å²) in [5, 5.41) is 0. The normalized spacial score (nSPS) is 54.5. The Labute approximate surface area is 83.1 Å². The van der Waals surface area contributed by atoms with Crippen molar-refractivity contribution in [2.24, 2.45) is 29.1 Å². The molecule has 2 rings (SSSR count). The highest BCUT2D eigenvalue weighted by Gasteiger charge is 2.46. The van der Waals surface area contributed by atoms with E-state index < -0.39 is 0 Å². The van der Waals surface area contributed by atoms with Gasteiger partial charge in [0.25, 0.3) is 0 Å². The summed E-state index contributed by atoms with van der Waals surface area (Å²) in [4.78, 5) is 0. The third-order valence-corrected chi connectivity index (χ3v) is 5.10. The molecular formula is C13H24. The number of hydrogen-bond acceptors (Lipinski definition) is 0. The van der Waals surface area contributed by atoms with Gasteiger partial charge in [-0.25, -0.2) is 0 Å². The van der Waals surface area contributed by atoms with Crippen LogP contribution in [-0.4, -0.2) is 0 Å². The summed E-state index contributed by atoms with van der Waals surface area (Å²) in [7, 11) is 0. The van der Waals surface area contributed by atoms with Crippen LogP contribution in [0.15, 0.2) is 0 Å². The van der Waals surface area contributed by atoms with Gasteiger partial charge in [0, 0.05) is 0 Å². The molecule has 5 atom stereocenters. The van der Waals surface area contributed by atoms with Crippen LogP contribution in [0.25, 0.3) is 0 Å². The summed E-state index contributed by atoms with van der Waals surface area (Å²) in [6.07, 6.45) is 6.00. The third kappa shape index (κ3) is 1.65.